The topological polar surface area (TPSA) is 153 Å². The van der Waals surface area contributed by atoms with Crippen LogP contribution in [0.4, 0.5) is 0 Å². The van der Waals surface area contributed by atoms with E-state index in [0.717, 1.165) is 0 Å². The third kappa shape index (κ3) is 6.12. The lowest BCUT2D eigenvalue weighted by molar-refractivity contribution is -0.331. The number of carbonyl (C=O) groups is 1. The van der Waals surface area contributed by atoms with Crippen molar-refractivity contribution in [3.63, 3.8) is 0 Å². The van der Waals surface area contributed by atoms with Gasteiger partial charge in [0.05, 0.1) is 30.5 Å². The van der Waals surface area contributed by atoms with Crippen LogP contribution in [-0.4, -0.2) is 100 Å². The molecule has 0 amide bonds. The van der Waals surface area contributed by atoms with E-state index in [9.17, 15) is 25.2 Å². The van der Waals surface area contributed by atoms with Crippen molar-refractivity contribution in [3.05, 3.63) is 0 Å². The second kappa shape index (κ2) is 10.4. The minimum Gasteiger partial charge on any atom is -0.459 e. The molecule has 3 aliphatic heterocycles. The van der Waals surface area contributed by atoms with Crippen LogP contribution < -0.4 is 0 Å². The molecule has 0 aromatic rings. The van der Waals surface area contributed by atoms with E-state index in [1.165, 1.54) is 6.92 Å². The van der Waals surface area contributed by atoms with Gasteiger partial charge in [0, 0.05) is 26.2 Å². The summed E-state index contributed by atoms with van der Waals surface area (Å²) in [6, 6.07) is 0. The Kier molecular flexibility index (Phi) is 8.27. The molecule has 4 N–H and O–H groups in total. The van der Waals surface area contributed by atoms with Crippen molar-refractivity contribution in [1.29, 1.82) is 0 Å². The van der Waals surface area contributed by atoms with Crippen molar-refractivity contribution < 1.29 is 53.6 Å². The summed E-state index contributed by atoms with van der Waals surface area (Å²) in [6.45, 7) is 6.31. The van der Waals surface area contributed by atoms with Gasteiger partial charge in [0.2, 0.25) is 0 Å². The standard InChI is InChI=1S/C20H34O11/c1-8-18(25)14(29-11(4)21)7-17(27-8)31-20-10(3)28-16(6-13(20)23)30-19-9(2)26-15(24)5-12(19)22/h8-10,12-20,22-25H,5-7H2,1-4H3/t8-,9-,10-,12+,13+,14+,15-,16+,17+,18-,19-,20-/m1/s1. The number of aliphatic hydroxyl groups is 4. The van der Waals surface area contributed by atoms with E-state index in [4.69, 9.17) is 28.4 Å². The summed E-state index contributed by atoms with van der Waals surface area (Å²) >= 11 is 0. The quantitative estimate of drug-likeness (QED) is 0.388. The van der Waals surface area contributed by atoms with Crippen molar-refractivity contribution in [2.45, 2.75) is 121 Å². The first kappa shape index (κ1) is 24.7. The highest BCUT2D eigenvalue weighted by molar-refractivity contribution is 5.66. The van der Waals surface area contributed by atoms with Crippen LogP contribution >= 0.6 is 0 Å². The Morgan fingerprint density at radius 2 is 1.29 bits per heavy atom. The summed E-state index contributed by atoms with van der Waals surface area (Å²) in [5.41, 5.74) is 0. The fourth-order valence-electron chi connectivity index (χ4n) is 4.32. The Bertz CT molecular complexity index is 580. The summed E-state index contributed by atoms with van der Waals surface area (Å²) in [5.74, 6) is -0.512. The molecule has 0 aromatic heterocycles. The minimum absolute atomic E-state index is 0.0259. The first-order valence-electron chi connectivity index (χ1n) is 10.7. The highest BCUT2D eigenvalue weighted by Gasteiger charge is 2.45. The predicted molar refractivity (Wildman–Crippen MR) is 102 cm³/mol. The second-order valence-electron chi connectivity index (χ2n) is 8.52. The lowest BCUT2D eigenvalue weighted by Gasteiger charge is -2.44. The molecule has 0 aromatic carbocycles. The van der Waals surface area contributed by atoms with Crippen LogP contribution in [0.3, 0.4) is 0 Å². The maximum Gasteiger partial charge on any atom is 0.302 e. The molecule has 0 spiro atoms. The van der Waals surface area contributed by atoms with E-state index in [0.29, 0.717) is 0 Å². The fourth-order valence-corrected chi connectivity index (χ4v) is 4.32. The van der Waals surface area contributed by atoms with E-state index in [2.05, 4.69) is 0 Å². The smallest absolute Gasteiger partial charge is 0.302 e. The summed E-state index contributed by atoms with van der Waals surface area (Å²) in [4.78, 5) is 11.3. The van der Waals surface area contributed by atoms with Crippen LogP contribution in [0.5, 0.6) is 0 Å². The molecule has 0 saturated carbocycles. The summed E-state index contributed by atoms with van der Waals surface area (Å²) < 4.78 is 33.7. The molecule has 0 radical (unpaired) electrons. The Hall–Kier alpha value is -0.890. The van der Waals surface area contributed by atoms with Crippen LogP contribution in [0, 0.1) is 0 Å². The van der Waals surface area contributed by atoms with Gasteiger partial charge in [-0.1, -0.05) is 0 Å². The van der Waals surface area contributed by atoms with Crippen molar-refractivity contribution in [2.24, 2.45) is 0 Å². The third-order valence-corrected chi connectivity index (χ3v) is 5.89. The average molecular weight is 450 g/mol. The largest absolute Gasteiger partial charge is 0.459 e. The molecule has 0 unspecified atom stereocenters. The van der Waals surface area contributed by atoms with Crippen LogP contribution in [0.1, 0.15) is 47.0 Å². The number of esters is 1. The third-order valence-electron chi connectivity index (χ3n) is 5.89. The molecule has 3 rings (SSSR count). The first-order chi connectivity index (χ1) is 14.5. The van der Waals surface area contributed by atoms with E-state index in [1.54, 1.807) is 20.8 Å². The van der Waals surface area contributed by atoms with E-state index < -0.39 is 79.8 Å². The number of hydrogen-bond acceptors (Lipinski definition) is 11. The Morgan fingerprint density at radius 1 is 0.774 bits per heavy atom. The molecule has 180 valence electrons. The molecule has 11 nitrogen and oxygen atoms in total. The van der Waals surface area contributed by atoms with Crippen molar-refractivity contribution in [3.8, 4) is 0 Å². The molecule has 3 heterocycles. The van der Waals surface area contributed by atoms with Gasteiger partial charge in [0.1, 0.15) is 24.4 Å². The van der Waals surface area contributed by atoms with Gasteiger partial charge in [-0.05, 0) is 20.8 Å². The van der Waals surface area contributed by atoms with Gasteiger partial charge in [-0.25, -0.2) is 0 Å². The maximum absolute atomic E-state index is 11.3. The fraction of sp³-hybridized carbons (Fsp3) is 0.950. The van der Waals surface area contributed by atoms with Crippen molar-refractivity contribution >= 4 is 5.97 Å². The van der Waals surface area contributed by atoms with Gasteiger partial charge in [-0.2, -0.15) is 0 Å². The molecule has 11 heteroatoms. The van der Waals surface area contributed by atoms with Gasteiger partial charge in [-0.15, -0.1) is 0 Å². The molecule has 0 aliphatic carbocycles. The van der Waals surface area contributed by atoms with E-state index >= 15 is 0 Å². The van der Waals surface area contributed by atoms with Crippen molar-refractivity contribution in [2.75, 3.05) is 0 Å². The molecule has 31 heavy (non-hydrogen) atoms. The normalized spacial score (nSPS) is 48.9. The number of rotatable bonds is 5. The van der Waals surface area contributed by atoms with Gasteiger partial charge < -0.3 is 48.8 Å². The maximum atomic E-state index is 11.3. The number of aliphatic hydroxyl groups excluding tert-OH is 4. The zero-order valence-electron chi connectivity index (χ0n) is 18.2. The number of hydrogen-bond donors (Lipinski definition) is 4. The summed E-state index contributed by atoms with van der Waals surface area (Å²) in [5, 5.41) is 40.6. The van der Waals surface area contributed by atoms with E-state index in [-0.39, 0.29) is 19.3 Å². The highest BCUT2D eigenvalue weighted by Crippen LogP contribution is 2.31. The average Bonchev–Trinajstić information content (AvgIpc) is 2.64. The zero-order valence-corrected chi connectivity index (χ0v) is 18.2. The second-order valence-corrected chi connectivity index (χ2v) is 8.52. The summed E-state index contributed by atoms with van der Waals surface area (Å²) in [7, 11) is 0. The zero-order chi connectivity index (χ0) is 22.9. The Morgan fingerprint density at radius 3 is 1.84 bits per heavy atom. The molecule has 0 bridgehead atoms. The molecule has 3 saturated heterocycles. The number of ether oxygens (including phenoxy) is 6. The van der Waals surface area contributed by atoms with Crippen LogP contribution in [-0.2, 0) is 33.2 Å². The Balaban J connectivity index is 1.56. The first-order valence-corrected chi connectivity index (χ1v) is 10.7. The lowest BCUT2D eigenvalue weighted by Crippen LogP contribution is -2.56. The van der Waals surface area contributed by atoms with Crippen LogP contribution in [0.15, 0.2) is 0 Å². The van der Waals surface area contributed by atoms with Gasteiger partial charge >= 0.3 is 5.97 Å². The minimum atomic E-state index is -1.05. The number of carbonyl (C=O) groups excluding carboxylic acids is 1. The van der Waals surface area contributed by atoms with Crippen molar-refractivity contribution in [1.82, 2.24) is 0 Å². The van der Waals surface area contributed by atoms with Gasteiger partial charge in [0.25, 0.3) is 0 Å². The van der Waals surface area contributed by atoms with Gasteiger partial charge in [0.15, 0.2) is 18.9 Å². The lowest BCUT2D eigenvalue weighted by atomic mass is 9.99. The highest BCUT2D eigenvalue weighted by atomic mass is 16.7. The van der Waals surface area contributed by atoms with Gasteiger partial charge in [-0.3, -0.25) is 4.79 Å². The van der Waals surface area contributed by atoms with Crippen LogP contribution in [0.2, 0.25) is 0 Å². The predicted octanol–water partition coefficient (Wildman–Crippen LogP) is -0.832. The molecule has 3 fully saturated rings. The molecule has 12 atom stereocenters. The Labute approximate surface area is 181 Å². The summed E-state index contributed by atoms with van der Waals surface area (Å²) in [6.07, 6.45) is -9.24. The SMILES string of the molecule is CC(=O)O[C@H]1C[C@H](O[C@H]2[C@@H](O)C[C@H](O[C@H]3[C@@H](O)C[C@H](O)O[C@@H]3C)O[C@@H]2C)O[C@H](C)[C@H]1O. The molecule has 3 aliphatic rings. The monoisotopic (exact) mass is 450 g/mol. The molecular weight excluding hydrogens is 416 g/mol. The van der Waals surface area contributed by atoms with E-state index in [1.807, 2.05) is 0 Å². The van der Waals surface area contributed by atoms with Crippen LogP contribution in [0.25, 0.3) is 0 Å². The molecular formula is C20H34O11.